The highest BCUT2D eigenvalue weighted by molar-refractivity contribution is 5.75. The second-order valence-corrected chi connectivity index (χ2v) is 10.0. The van der Waals surface area contributed by atoms with Crippen molar-refractivity contribution in [2.75, 3.05) is 32.8 Å². The normalized spacial score (nSPS) is 11.7. The van der Waals surface area contributed by atoms with Gasteiger partial charge in [-0.25, -0.2) is 4.79 Å². The number of carbonyl (C=O) groups excluding carboxylic acids is 2. The summed E-state index contributed by atoms with van der Waals surface area (Å²) in [6.45, 7) is 6.12. The Morgan fingerprint density at radius 3 is 2.44 bits per heavy atom. The van der Waals surface area contributed by atoms with E-state index in [0.717, 1.165) is 75.3 Å². The lowest BCUT2D eigenvalue weighted by atomic mass is 10.1. The summed E-state index contributed by atoms with van der Waals surface area (Å²) >= 11 is 0. The molecule has 10 nitrogen and oxygen atoms in total. The lowest BCUT2D eigenvalue weighted by molar-refractivity contribution is -0.173. The fourth-order valence-corrected chi connectivity index (χ4v) is 4.30. The number of carbonyl (C=O) groups is 2. The Balaban J connectivity index is 1.46. The molecule has 0 aliphatic rings. The molecule has 0 fully saturated rings. The summed E-state index contributed by atoms with van der Waals surface area (Å²) in [5.41, 5.74) is 3.29. The van der Waals surface area contributed by atoms with Gasteiger partial charge in [-0.1, -0.05) is 43.2 Å². The maximum absolute atomic E-state index is 12.2. The summed E-state index contributed by atoms with van der Waals surface area (Å²) in [7, 11) is 0. The van der Waals surface area contributed by atoms with Crippen LogP contribution in [0.2, 0.25) is 0 Å². The smallest absolute Gasteiger partial charge is 0.350 e. The molecule has 41 heavy (non-hydrogen) atoms. The molecular weight excluding hydrogens is 526 g/mol. The molecule has 0 aliphatic heterocycles. The largest absolute Gasteiger partial charge is 0.508 e. The van der Waals surface area contributed by atoms with E-state index in [4.69, 9.17) is 9.57 Å². The van der Waals surface area contributed by atoms with Crippen LogP contribution in [0.5, 0.6) is 5.75 Å². The minimum Gasteiger partial charge on any atom is -0.508 e. The highest BCUT2D eigenvalue weighted by Gasteiger charge is 2.14. The summed E-state index contributed by atoms with van der Waals surface area (Å²) in [6.07, 6.45) is 6.52. The third-order valence-corrected chi connectivity index (χ3v) is 6.58. The van der Waals surface area contributed by atoms with Crippen LogP contribution in [0, 0.1) is 0 Å². The number of hydrogen-bond donors (Lipinski definition) is 5. The number of aliphatic hydroxyl groups is 2. The van der Waals surface area contributed by atoms with E-state index < -0.39 is 18.1 Å². The maximum Gasteiger partial charge on any atom is 0.350 e. The van der Waals surface area contributed by atoms with E-state index in [0.29, 0.717) is 24.2 Å². The molecule has 0 aromatic heterocycles. The second-order valence-electron chi connectivity index (χ2n) is 10.0. The van der Waals surface area contributed by atoms with Gasteiger partial charge in [0.15, 0.2) is 0 Å². The molecule has 228 valence electrons. The minimum atomic E-state index is -0.683. The van der Waals surface area contributed by atoms with Gasteiger partial charge in [-0.05, 0) is 74.4 Å². The van der Waals surface area contributed by atoms with Crippen molar-refractivity contribution in [1.82, 2.24) is 15.7 Å². The number of ether oxygens (including phenoxy) is 1. The molecule has 0 spiro atoms. The first-order valence-corrected chi connectivity index (χ1v) is 14.5. The molecule has 5 N–H and O–H groups in total. The van der Waals surface area contributed by atoms with E-state index in [-0.39, 0.29) is 18.9 Å². The van der Waals surface area contributed by atoms with Crippen molar-refractivity contribution < 1.29 is 34.5 Å². The van der Waals surface area contributed by atoms with Gasteiger partial charge in [0.2, 0.25) is 0 Å². The molecule has 0 aliphatic carbocycles. The number of unbranched alkanes of at least 4 members (excludes halogenated alkanes) is 4. The van der Waals surface area contributed by atoms with Crippen LogP contribution in [-0.2, 0) is 33.9 Å². The van der Waals surface area contributed by atoms with E-state index in [9.17, 15) is 24.9 Å². The van der Waals surface area contributed by atoms with Crippen molar-refractivity contribution in [3.8, 4) is 5.75 Å². The number of nitrogens with zero attached hydrogens (tertiary/aromatic N) is 1. The number of aliphatic hydroxyl groups excluding tert-OH is 2. The zero-order valence-electron chi connectivity index (χ0n) is 24.4. The fourth-order valence-electron chi connectivity index (χ4n) is 4.30. The summed E-state index contributed by atoms with van der Waals surface area (Å²) in [4.78, 5) is 28.1. The number of amides is 2. The van der Waals surface area contributed by atoms with Gasteiger partial charge in [0, 0.05) is 38.8 Å². The number of urea groups is 1. The Labute approximate surface area is 243 Å². The van der Waals surface area contributed by atoms with Crippen LogP contribution in [0.25, 0.3) is 0 Å². The van der Waals surface area contributed by atoms with Crippen LogP contribution < -0.4 is 10.6 Å². The van der Waals surface area contributed by atoms with Crippen molar-refractivity contribution in [2.45, 2.75) is 78.0 Å². The van der Waals surface area contributed by atoms with Crippen LogP contribution >= 0.6 is 0 Å². The zero-order chi connectivity index (χ0) is 29.9. The van der Waals surface area contributed by atoms with Gasteiger partial charge in [-0.15, -0.1) is 0 Å². The topological polar surface area (TPSA) is 141 Å². The van der Waals surface area contributed by atoms with Gasteiger partial charge in [0.25, 0.3) is 0 Å². The van der Waals surface area contributed by atoms with E-state index in [2.05, 4.69) is 22.8 Å². The Hall–Kier alpha value is -3.18. The van der Waals surface area contributed by atoms with E-state index in [1.165, 1.54) is 18.6 Å². The first kappa shape index (κ1) is 34.0. The monoisotopic (exact) mass is 573 g/mol. The molecule has 10 heteroatoms. The van der Waals surface area contributed by atoms with E-state index in [1.54, 1.807) is 19.1 Å². The van der Waals surface area contributed by atoms with Crippen LogP contribution in [0.1, 0.15) is 80.7 Å². The number of aryl methyl sites for hydroxylation is 1. The number of hydrogen-bond acceptors (Lipinski definition) is 8. The molecular formula is C31H47N3O7. The zero-order valence-corrected chi connectivity index (χ0v) is 24.4. The lowest BCUT2D eigenvalue weighted by Crippen LogP contribution is -2.40. The molecule has 2 rings (SSSR count). The van der Waals surface area contributed by atoms with Crippen LogP contribution in [0.4, 0.5) is 4.79 Å². The first-order valence-electron chi connectivity index (χ1n) is 14.5. The van der Waals surface area contributed by atoms with Gasteiger partial charge in [-0.3, -0.25) is 4.79 Å². The molecule has 0 unspecified atom stereocenters. The first-order chi connectivity index (χ1) is 19.8. The summed E-state index contributed by atoms with van der Waals surface area (Å²) in [5.74, 6) is -0.496. The van der Waals surface area contributed by atoms with Gasteiger partial charge in [0.05, 0.1) is 19.3 Å². The lowest BCUT2D eigenvalue weighted by Gasteiger charge is -2.19. The molecule has 0 radical (unpaired) electrons. The fraction of sp³-hybridized carbons (Fsp3) is 0.548. The predicted molar refractivity (Wildman–Crippen MR) is 157 cm³/mol. The number of phenols is 1. The van der Waals surface area contributed by atoms with Gasteiger partial charge in [0.1, 0.15) is 5.75 Å². The molecule has 0 saturated heterocycles. The Morgan fingerprint density at radius 2 is 1.71 bits per heavy atom. The van der Waals surface area contributed by atoms with Crippen LogP contribution in [0.3, 0.4) is 0 Å². The molecule has 0 bridgehead atoms. The standard InChI is InChI=1S/C31H47N3O7/c1-3-34(41-24(2)36)31(39)33-21-26-13-10-12-25(19-26)11-6-9-18-40-17-8-5-4-7-16-32-22-30(38)27-14-15-29(37)28(20-27)23-35/h10,12-15,19-20,30,32,35,37-38H,3-9,11,16-18,21-23H2,1-2H3,(H,33,39)/t30-/m1/s1. The molecule has 0 saturated carbocycles. The maximum atomic E-state index is 12.2. The summed E-state index contributed by atoms with van der Waals surface area (Å²) in [6, 6.07) is 12.5. The molecule has 2 aromatic rings. The predicted octanol–water partition coefficient (Wildman–Crippen LogP) is 4.12. The van der Waals surface area contributed by atoms with Crippen LogP contribution in [0.15, 0.2) is 42.5 Å². The van der Waals surface area contributed by atoms with Crippen molar-refractivity contribution in [1.29, 1.82) is 0 Å². The SMILES string of the molecule is CCN(OC(C)=O)C(=O)NCc1cccc(CCCCOCCCCCCNC[C@@H](O)c2ccc(O)c(CO)c2)c1. The quantitative estimate of drug-likeness (QED) is 0.125. The average Bonchev–Trinajstić information content (AvgIpc) is 2.97. The van der Waals surface area contributed by atoms with Crippen molar-refractivity contribution in [2.24, 2.45) is 0 Å². The van der Waals surface area contributed by atoms with Crippen LogP contribution in [-0.4, -0.2) is 65.2 Å². The summed E-state index contributed by atoms with van der Waals surface area (Å²) < 4.78 is 5.78. The second kappa shape index (κ2) is 19.8. The number of nitrogens with one attached hydrogen (secondary N) is 2. The Morgan fingerprint density at radius 1 is 0.976 bits per heavy atom. The summed E-state index contributed by atoms with van der Waals surface area (Å²) in [5, 5.41) is 36.2. The molecule has 1 atom stereocenters. The van der Waals surface area contributed by atoms with Gasteiger partial charge < -0.3 is 35.5 Å². The van der Waals surface area contributed by atoms with E-state index in [1.807, 2.05) is 12.1 Å². The number of rotatable bonds is 19. The average molecular weight is 574 g/mol. The van der Waals surface area contributed by atoms with Gasteiger partial charge in [-0.2, -0.15) is 5.06 Å². The Kier molecular flexibility index (Phi) is 16.4. The van der Waals surface area contributed by atoms with Crippen molar-refractivity contribution in [3.05, 3.63) is 64.7 Å². The number of benzene rings is 2. The highest BCUT2D eigenvalue weighted by atomic mass is 16.7. The third-order valence-electron chi connectivity index (χ3n) is 6.58. The third kappa shape index (κ3) is 13.8. The number of hydroxylamine groups is 2. The van der Waals surface area contributed by atoms with Crippen molar-refractivity contribution >= 4 is 12.0 Å². The highest BCUT2D eigenvalue weighted by Crippen LogP contribution is 2.22. The van der Waals surface area contributed by atoms with Crippen molar-refractivity contribution in [3.63, 3.8) is 0 Å². The van der Waals surface area contributed by atoms with Gasteiger partial charge >= 0.3 is 12.0 Å². The molecule has 2 amide bonds. The molecule has 2 aromatic carbocycles. The molecule has 0 heterocycles. The minimum absolute atomic E-state index is 0.0336. The van der Waals surface area contributed by atoms with E-state index >= 15 is 0 Å². The number of aromatic hydroxyl groups is 1. The Bertz CT molecular complexity index is 1050.